The predicted molar refractivity (Wildman–Crippen MR) is 171 cm³/mol. The Morgan fingerprint density at radius 2 is 1.98 bits per heavy atom. The minimum atomic E-state index is -0.833. The van der Waals surface area contributed by atoms with Gasteiger partial charge in [-0.05, 0) is 61.4 Å². The van der Waals surface area contributed by atoms with Gasteiger partial charge in [-0.3, -0.25) is 9.69 Å². The van der Waals surface area contributed by atoms with E-state index in [-0.39, 0.29) is 29.3 Å². The van der Waals surface area contributed by atoms with Crippen molar-refractivity contribution < 1.29 is 28.5 Å². The van der Waals surface area contributed by atoms with Crippen molar-refractivity contribution in [1.29, 1.82) is 0 Å². The molecule has 2 aromatic carbocycles. The van der Waals surface area contributed by atoms with Crippen LogP contribution in [-0.2, 0) is 11.2 Å². The number of phenolic OH excluding ortho intramolecular Hbond substituents is 1. The number of carboxylic acid groups (broad SMARTS) is 1. The Balaban J connectivity index is 0.00000109. The molecule has 4 aliphatic heterocycles. The largest absolute Gasteiger partial charge is 0.508 e. The van der Waals surface area contributed by atoms with Gasteiger partial charge in [0.2, 0.25) is 0 Å². The quantitative estimate of drug-likeness (QED) is 0.207. The molecule has 0 saturated carbocycles. The van der Waals surface area contributed by atoms with E-state index in [9.17, 15) is 13.9 Å². The van der Waals surface area contributed by atoms with Gasteiger partial charge in [-0.15, -0.1) is 6.42 Å². The molecule has 3 N–H and O–H groups in total. The molecule has 13 heteroatoms. The van der Waals surface area contributed by atoms with E-state index in [1.807, 2.05) is 0 Å². The average Bonchev–Trinajstić information content (AvgIpc) is 3.77. The van der Waals surface area contributed by atoms with Gasteiger partial charge in [-0.2, -0.15) is 9.97 Å². The number of nitrogens with zero attached hydrogens (tertiary/aromatic N) is 5. The number of anilines is 1. The fourth-order valence-electron chi connectivity index (χ4n) is 7.76. The second-order valence-electron chi connectivity index (χ2n) is 12.5. The van der Waals surface area contributed by atoms with Gasteiger partial charge in [0.05, 0.1) is 11.1 Å². The molecule has 2 unspecified atom stereocenters. The fourth-order valence-corrected chi connectivity index (χ4v) is 8.71. The zero-order valence-corrected chi connectivity index (χ0v) is 25.9. The molecule has 46 heavy (non-hydrogen) atoms. The van der Waals surface area contributed by atoms with Gasteiger partial charge < -0.3 is 25.2 Å². The molecule has 6 heterocycles. The number of aromatic hydroxyl groups is 1. The van der Waals surface area contributed by atoms with E-state index in [2.05, 4.69) is 21.0 Å². The van der Waals surface area contributed by atoms with E-state index in [1.165, 1.54) is 17.4 Å². The summed E-state index contributed by atoms with van der Waals surface area (Å²) >= 11 is 1.43. The Labute approximate surface area is 268 Å². The molecular weight excluding hydrogens is 614 g/mol. The zero-order chi connectivity index (χ0) is 32.0. The molecule has 2 bridgehead atoms. The highest BCUT2D eigenvalue weighted by Crippen LogP contribution is 2.41. The maximum atomic E-state index is 14.7. The lowest BCUT2D eigenvalue weighted by Crippen LogP contribution is -2.51. The number of hydrogen-bond donors (Lipinski definition) is 3. The first-order valence-corrected chi connectivity index (χ1v) is 16.3. The number of terminal acetylenes is 1. The van der Waals surface area contributed by atoms with Crippen molar-refractivity contribution in [3.05, 3.63) is 46.2 Å². The van der Waals surface area contributed by atoms with E-state index >= 15 is 0 Å². The van der Waals surface area contributed by atoms with E-state index in [1.54, 1.807) is 18.2 Å². The van der Waals surface area contributed by atoms with Crippen molar-refractivity contribution in [2.24, 2.45) is 0 Å². The summed E-state index contributed by atoms with van der Waals surface area (Å²) in [7, 11) is 0. The number of phenols is 1. The number of alkyl halides is 1. The molecule has 0 spiro atoms. The summed E-state index contributed by atoms with van der Waals surface area (Å²) < 4.78 is 35.4. The van der Waals surface area contributed by atoms with Crippen molar-refractivity contribution in [3.8, 4) is 24.1 Å². The number of piperazine rings is 1. The Bertz CT molecular complexity index is 1840. The lowest BCUT2D eigenvalue weighted by atomic mass is 9.95. The predicted octanol–water partition coefficient (Wildman–Crippen LogP) is 4.25. The van der Waals surface area contributed by atoms with Gasteiger partial charge in [0.1, 0.15) is 34.9 Å². The summed E-state index contributed by atoms with van der Waals surface area (Å²) in [6.07, 6.45) is 9.89. The molecule has 4 atom stereocenters. The van der Waals surface area contributed by atoms with Crippen molar-refractivity contribution in [2.75, 3.05) is 37.7 Å². The highest BCUT2D eigenvalue weighted by molar-refractivity contribution is 7.18. The first-order chi connectivity index (χ1) is 22.3. The van der Waals surface area contributed by atoms with E-state index in [4.69, 9.17) is 36.0 Å². The molecule has 0 radical (unpaired) electrons. The molecule has 240 valence electrons. The summed E-state index contributed by atoms with van der Waals surface area (Å²) in [6.45, 7) is 3.10. The van der Waals surface area contributed by atoms with Crippen LogP contribution in [0.5, 0.6) is 11.8 Å². The smallest absolute Gasteiger partial charge is 0.319 e. The molecule has 2 aromatic heterocycles. The topological polar surface area (TPSA) is 124 Å². The number of fused-ring (bicyclic) bond motifs is 5. The average molecular weight is 649 g/mol. The molecule has 8 rings (SSSR count). The van der Waals surface area contributed by atoms with Crippen LogP contribution < -0.4 is 15.0 Å². The zero-order valence-electron chi connectivity index (χ0n) is 25.1. The van der Waals surface area contributed by atoms with Crippen LogP contribution in [0.25, 0.3) is 21.1 Å². The molecule has 10 nitrogen and oxygen atoms in total. The molecule has 0 amide bonds. The highest BCUT2D eigenvalue weighted by Gasteiger charge is 2.49. The summed E-state index contributed by atoms with van der Waals surface area (Å²) in [5.74, 6) is 2.83. The molecule has 0 aliphatic carbocycles. The molecule has 4 saturated heterocycles. The second kappa shape index (κ2) is 12.2. The third-order valence-corrected chi connectivity index (χ3v) is 10.6. The van der Waals surface area contributed by atoms with Crippen LogP contribution in [0.1, 0.15) is 48.2 Å². The number of rotatable bonds is 6. The molecule has 4 aliphatic rings. The third kappa shape index (κ3) is 5.59. The summed E-state index contributed by atoms with van der Waals surface area (Å²) in [5, 5.41) is 23.0. The summed E-state index contributed by atoms with van der Waals surface area (Å²) in [5.41, 5.74) is 1.26. The van der Waals surface area contributed by atoms with Gasteiger partial charge in [0.15, 0.2) is 10.6 Å². The van der Waals surface area contributed by atoms with Gasteiger partial charge >= 0.3 is 6.01 Å². The van der Waals surface area contributed by atoms with Crippen molar-refractivity contribution in [2.45, 2.75) is 62.3 Å². The number of thiazole rings is 1. The number of halogens is 2. The van der Waals surface area contributed by atoms with Crippen LogP contribution >= 0.6 is 11.3 Å². The number of hydrogen-bond acceptors (Lipinski definition) is 10. The fraction of sp³-hybridized carbons (Fsp3) is 0.455. The SMILES string of the molecule is C#Cc1c(F)ccc2cc(O)cc(Cc3nc4c(N5CC6CCC(C5)N6)nc(OC[C@@]56CCCN5C[C@H](F)C6)nc4s3)c12.O=CO. The summed E-state index contributed by atoms with van der Waals surface area (Å²) in [4.78, 5) is 28.3. The third-order valence-electron chi connectivity index (χ3n) is 9.63. The molecule has 4 fully saturated rings. The maximum absolute atomic E-state index is 14.7. The Hall–Kier alpha value is -4.12. The summed E-state index contributed by atoms with van der Waals surface area (Å²) in [6, 6.07) is 7.23. The standard InChI is InChI=1S/C32H32F2N6O2S.CH2O2/c1-2-24-25(34)7-4-18-10-23(41)11-19(27(18)24)12-26-36-28-29(39-15-21-5-6-22(16-39)35-21)37-31(38-30(28)43-26)42-17-32-8-3-9-40(32)14-20(33)13-32;2-1-3/h1,4,7,10-11,20-22,35,41H,3,5-6,8-9,12-17H2;1H,(H,2,3)/t20-,21?,22?,32+;/m1./s1. The van der Waals surface area contributed by atoms with Crippen molar-refractivity contribution >= 4 is 44.7 Å². The Morgan fingerprint density at radius 1 is 1.20 bits per heavy atom. The van der Waals surface area contributed by atoms with Gasteiger partial charge in [-0.25, -0.2) is 13.8 Å². The number of benzene rings is 2. The Kier molecular flexibility index (Phi) is 8.12. The number of nitrogens with one attached hydrogen (secondary N) is 1. The van der Waals surface area contributed by atoms with Crippen molar-refractivity contribution in [3.63, 3.8) is 0 Å². The van der Waals surface area contributed by atoms with E-state index < -0.39 is 12.0 Å². The number of aromatic nitrogens is 3. The van der Waals surface area contributed by atoms with Crippen molar-refractivity contribution in [1.82, 2.24) is 25.2 Å². The van der Waals surface area contributed by atoms with Gasteiger partial charge in [0.25, 0.3) is 6.47 Å². The lowest BCUT2D eigenvalue weighted by Gasteiger charge is -2.34. The van der Waals surface area contributed by atoms with Gasteiger partial charge in [0, 0.05) is 49.9 Å². The lowest BCUT2D eigenvalue weighted by molar-refractivity contribution is -0.122. The van der Waals surface area contributed by atoms with Crippen LogP contribution in [-0.4, -0.2) is 93.1 Å². The molecule has 4 aromatic rings. The monoisotopic (exact) mass is 648 g/mol. The van der Waals surface area contributed by atoms with Crippen LogP contribution in [0.3, 0.4) is 0 Å². The van der Waals surface area contributed by atoms with Crippen LogP contribution in [0, 0.1) is 18.2 Å². The number of ether oxygens (including phenoxy) is 1. The maximum Gasteiger partial charge on any atom is 0.319 e. The van der Waals surface area contributed by atoms with E-state index in [0.29, 0.717) is 64.8 Å². The minimum Gasteiger partial charge on any atom is -0.508 e. The Morgan fingerprint density at radius 3 is 2.74 bits per heavy atom. The first kappa shape index (κ1) is 30.5. The normalized spacial score (nSPS) is 25.3. The van der Waals surface area contributed by atoms with Crippen LogP contribution in [0.2, 0.25) is 0 Å². The number of carbonyl (C=O) groups is 1. The highest BCUT2D eigenvalue weighted by atomic mass is 32.1. The molecular formula is C33H34F2N6O4S. The van der Waals surface area contributed by atoms with E-state index in [0.717, 1.165) is 56.1 Å². The van der Waals surface area contributed by atoms with Crippen LogP contribution in [0.4, 0.5) is 14.6 Å². The van der Waals surface area contributed by atoms with Crippen LogP contribution in [0.15, 0.2) is 24.3 Å². The minimum absolute atomic E-state index is 0.0772. The van der Waals surface area contributed by atoms with Gasteiger partial charge in [-0.1, -0.05) is 23.3 Å². The first-order valence-electron chi connectivity index (χ1n) is 15.5. The second-order valence-corrected chi connectivity index (χ2v) is 13.6.